The standard InChI is InChI=1S/C11H10BrClN2S/c12-7-3-4-8(9(13)6-7)11(15-14)10-2-1-5-16-10/h1-6,11,15H,14H2. The summed E-state index contributed by atoms with van der Waals surface area (Å²) in [6, 6.07) is 9.77. The molecule has 3 N–H and O–H groups in total. The maximum atomic E-state index is 6.20. The SMILES string of the molecule is NNC(c1cccs1)c1ccc(Br)cc1Cl. The maximum absolute atomic E-state index is 6.20. The summed E-state index contributed by atoms with van der Waals surface area (Å²) < 4.78 is 0.961. The summed E-state index contributed by atoms with van der Waals surface area (Å²) in [5, 5.41) is 2.72. The van der Waals surface area contributed by atoms with E-state index in [0.717, 1.165) is 14.9 Å². The van der Waals surface area contributed by atoms with Crippen LogP contribution in [0.4, 0.5) is 0 Å². The fraction of sp³-hybridized carbons (Fsp3) is 0.0909. The van der Waals surface area contributed by atoms with E-state index < -0.39 is 0 Å². The van der Waals surface area contributed by atoms with E-state index in [4.69, 9.17) is 17.4 Å². The zero-order valence-corrected chi connectivity index (χ0v) is 11.4. The van der Waals surface area contributed by atoms with Gasteiger partial charge in [0.15, 0.2) is 0 Å². The first-order valence-electron chi connectivity index (χ1n) is 4.67. The minimum absolute atomic E-state index is 0.0550. The monoisotopic (exact) mass is 316 g/mol. The Morgan fingerprint density at radius 2 is 2.19 bits per heavy atom. The van der Waals surface area contributed by atoms with Crippen LogP contribution in [0, 0.1) is 0 Å². The van der Waals surface area contributed by atoms with Gasteiger partial charge in [-0.25, -0.2) is 5.43 Å². The van der Waals surface area contributed by atoms with E-state index in [-0.39, 0.29) is 6.04 Å². The van der Waals surface area contributed by atoms with Gasteiger partial charge in [0.2, 0.25) is 0 Å². The number of benzene rings is 1. The van der Waals surface area contributed by atoms with Gasteiger partial charge in [-0.15, -0.1) is 11.3 Å². The molecule has 0 spiro atoms. The Labute approximate surface area is 112 Å². The van der Waals surface area contributed by atoms with E-state index in [1.54, 1.807) is 11.3 Å². The van der Waals surface area contributed by atoms with Crippen LogP contribution in [0.1, 0.15) is 16.5 Å². The smallest absolute Gasteiger partial charge is 0.0816 e. The van der Waals surface area contributed by atoms with Crippen LogP contribution in [-0.2, 0) is 0 Å². The second-order valence-electron chi connectivity index (χ2n) is 3.28. The average molecular weight is 318 g/mol. The van der Waals surface area contributed by atoms with Crippen molar-refractivity contribution < 1.29 is 0 Å². The molecule has 2 rings (SSSR count). The third-order valence-corrected chi connectivity index (χ3v) is 4.03. The summed E-state index contributed by atoms with van der Waals surface area (Å²) in [6.07, 6.45) is 0. The van der Waals surface area contributed by atoms with Gasteiger partial charge >= 0.3 is 0 Å². The number of nitrogens with one attached hydrogen (secondary N) is 1. The van der Waals surface area contributed by atoms with Crippen LogP contribution in [0.15, 0.2) is 40.2 Å². The molecule has 0 saturated carbocycles. The minimum atomic E-state index is -0.0550. The minimum Gasteiger partial charge on any atom is -0.271 e. The molecule has 16 heavy (non-hydrogen) atoms. The molecule has 2 nitrogen and oxygen atoms in total. The van der Waals surface area contributed by atoms with Gasteiger partial charge in [-0.2, -0.15) is 0 Å². The van der Waals surface area contributed by atoms with Gasteiger partial charge in [-0.05, 0) is 29.1 Å². The molecule has 0 aliphatic rings. The van der Waals surface area contributed by atoms with Crippen molar-refractivity contribution in [3.8, 4) is 0 Å². The number of rotatable bonds is 3. The molecule has 0 bridgehead atoms. The highest BCUT2D eigenvalue weighted by atomic mass is 79.9. The normalized spacial score (nSPS) is 12.7. The number of thiophene rings is 1. The van der Waals surface area contributed by atoms with Crippen molar-refractivity contribution in [2.45, 2.75) is 6.04 Å². The Bertz CT molecular complexity index is 473. The molecular weight excluding hydrogens is 308 g/mol. The van der Waals surface area contributed by atoms with Crippen molar-refractivity contribution in [1.29, 1.82) is 0 Å². The first kappa shape index (κ1) is 12.1. The Hall–Kier alpha value is -0.390. The number of hydrogen-bond acceptors (Lipinski definition) is 3. The molecule has 84 valence electrons. The highest BCUT2D eigenvalue weighted by Crippen LogP contribution is 2.31. The van der Waals surface area contributed by atoms with E-state index in [9.17, 15) is 0 Å². The largest absolute Gasteiger partial charge is 0.271 e. The molecule has 1 atom stereocenters. The number of nitrogens with two attached hydrogens (primary N) is 1. The van der Waals surface area contributed by atoms with Gasteiger partial charge in [0.1, 0.15) is 0 Å². The third kappa shape index (κ3) is 2.47. The Morgan fingerprint density at radius 3 is 2.75 bits per heavy atom. The van der Waals surface area contributed by atoms with Gasteiger partial charge in [0, 0.05) is 14.4 Å². The van der Waals surface area contributed by atoms with E-state index in [2.05, 4.69) is 21.4 Å². The molecule has 1 aromatic carbocycles. The molecule has 1 aromatic heterocycles. The Balaban J connectivity index is 2.41. The average Bonchev–Trinajstić information content (AvgIpc) is 2.75. The first-order valence-corrected chi connectivity index (χ1v) is 6.72. The number of halogens is 2. The Kier molecular flexibility index (Phi) is 4.00. The van der Waals surface area contributed by atoms with Crippen LogP contribution in [0.3, 0.4) is 0 Å². The van der Waals surface area contributed by atoms with Crippen molar-refractivity contribution in [2.24, 2.45) is 5.84 Å². The lowest BCUT2D eigenvalue weighted by Crippen LogP contribution is -2.28. The van der Waals surface area contributed by atoms with Crippen LogP contribution >= 0.6 is 38.9 Å². The van der Waals surface area contributed by atoms with Gasteiger partial charge in [-0.3, -0.25) is 5.84 Å². The molecular formula is C11H10BrClN2S. The maximum Gasteiger partial charge on any atom is 0.0816 e. The molecule has 0 fully saturated rings. The quantitative estimate of drug-likeness (QED) is 0.669. The lowest BCUT2D eigenvalue weighted by Gasteiger charge is -2.16. The lowest BCUT2D eigenvalue weighted by molar-refractivity contribution is 0.646. The van der Waals surface area contributed by atoms with Crippen molar-refractivity contribution in [3.63, 3.8) is 0 Å². The fourth-order valence-corrected chi connectivity index (χ4v) is 3.10. The van der Waals surface area contributed by atoms with Crippen LogP contribution < -0.4 is 11.3 Å². The molecule has 2 aromatic rings. The second kappa shape index (κ2) is 5.29. The van der Waals surface area contributed by atoms with Crippen molar-refractivity contribution in [2.75, 3.05) is 0 Å². The van der Waals surface area contributed by atoms with Crippen molar-refractivity contribution in [3.05, 3.63) is 55.6 Å². The van der Waals surface area contributed by atoms with E-state index in [1.165, 1.54) is 0 Å². The predicted octanol–water partition coefficient (Wildman–Crippen LogP) is 3.72. The van der Waals surface area contributed by atoms with Gasteiger partial charge in [0.25, 0.3) is 0 Å². The number of hydrogen-bond donors (Lipinski definition) is 2. The Morgan fingerprint density at radius 1 is 1.38 bits per heavy atom. The van der Waals surface area contributed by atoms with Gasteiger partial charge in [0.05, 0.1) is 6.04 Å². The highest BCUT2D eigenvalue weighted by molar-refractivity contribution is 9.10. The van der Waals surface area contributed by atoms with Crippen LogP contribution in [0.5, 0.6) is 0 Å². The summed E-state index contributed by atoms with van der Waals surface area (Å²) >= 11 is 11.2. The van der Waals surface area contributed by atoms with Crippen molar-refractivity contribution in [1.82, 2.24) is 5.43 Å². The summed E-state index contributed by atoms with van der Waals surface area (Å²) in [5.41, 5.74) is 3.77. The zero-order valence-electron chi connectivity index (χ0n) is 8.28. The zero-order chi connectivity index (χ0) is 11.5. The fourth-order valence-electron chi connectivity index (χ4n) is 1.52. The van der Waals surface area contributed by atoms with Crippen LogP contribution in [-0.4, -0.2) is 0 Å². The first-order chi connectivity index (χ1) is 7.72. The molecule has 0 aliphatic heterocycles. The summed E-state index contributed by atoms with van der Waals surface area (Å²) in [7, 11) is 0. The van der Waals surface area contributed by atoms with Crippen LogP contribution in [0.2, 0.25) is 5.02 Å². The molecule has 0 aliphatic carbocycles. The highest BCUT2D eigenvalue weighted by Gasteiger charge is 2.16. The molecule has 5 heteroatoms. The molecule has 0 radical (unpaired) electrons. The van der Waals surface area contributed by atoms with E-state index in [0.29, 0.717) is 5.02 Å². The topological polar surface area (TPSA) is 38.0 Å². The summed E-state index contributed by atoms with van der Waals surface area (Å²) in [4.78, 5) is 1.15. The van der Waals surface area contributed by atoms with Crippen LogP contribution in [0.25, 0.3) is 0 Å². The third-order valence-electron chi connectivity index (χ3n) is 2.27. The summed E-state index contributed by atoms with van der Waals surface area (Å²) in [5.74, 6) is 5.59. The molecule has 1 unspecified atom stereocenters. The van der Waals surface area contributed by atoms with Gasteiger partial charge < -0.3 is 0 Å². The molecule has 0 saturated heterocycles. The van der Waals surface area contributed by atoms with E-state index >= 15 is 0 Å². The predicted molar refractivity (Wildman–Crippen MR) is 72.6 cm³/mol. The molecule has 0 amide bonds. The van der Waals surface area contributed by atoms with Gasteiger partial charge in [-0.1, -0.05) is 39.7 Å². The lowest BCUT2D eigenvalue weighted by atomic mass is 10.1. The summed E-state index contributed by atoms with van der Waals surface area (Å²) in [6.45, 7) is 0. The van der Waals surface area contributed by atoms with Crippen molar-refractivity contribution >= 4 is 38.9 Å². The molecule has 1 heterocycles. The second-order valence-corrected chi connectivity index (χ2v) is 5.58. The van der Waals surface area contributed by atoms with E-state index in [1.807, 2.05) is 35.7 Å². The number of hydrazine groups is 1.